The monoisotopic (exact) mass is 392 g/mol. The molecule has 0 saturated carbocycles. The lowest BCUT2D eigenvalue weighted by atomic mass is 10.1. The molecule has 0 aliphatic heterocycles. The molecule has 0 N–H and O–H groups in total. The van der Waals surface area contributed by atoms with Gasteiger partial charge in [0.25, 0.3) is 0 Å². The maximum Gasteiger partial charge on any atom is 0.862 e. The minimum Gasteiger partial charge on any atom is -0.496 e. The molecule has 3 nitrogen and oxygen atoms in total. The summed E-state index contributed by atoms with van der Waals surface area (Å²) in [5, 5.41) is 0. The lowest BCUT2D eigenvalue weighted by Crippen LogP contribution is -2.21. The molecule has 0 saturated heterocycles. The van der Waals surface area contributed by atoms with Crippen molar-refractivity contribution in [1.82, 2.24) is 0 Å². The summed E-state index contributed by atoms with van der Waals surface area (Å²) >= 11 is 0. The highest BCUT2D eigenvalue weighted by molar-refractivity contribution is 6.37. The van der Waals surface area contributed by atoms with E-state index >= 15 is 0 Å². The van der Waals surface area contributed by atoms with Crippen LogP contribution in [0.3, 0.4) is 0 Å². The molecule has 0 aromatic carbocycles. The first kappa shape index (κ1) is 26.7. The third-order valence-electron chi connectivity index (χ3n) is 4.95. The molecule has 0 aliphatic carbocycles. The zero-order valence-electron chi connectivity index (χ0n) is 19.5. The Bertz CT molecular complexity index is 388. The predicted octanol–water partition coefficient (Wildman–Crippen LogP) is 8.47. The van der Waals surface area contributed by atoms with Crippen molar-refractivity contribution in [3.63, 3.8) is 0 Å². The van der Waals surface area contributed by atoms with Crippen molar-refractivity contribution in [2.45, 2.75) is 119 Å². The Labute approximate surface area is 175 Å². The minimum atomic E-state index is -0.727. The van der Waals surface area contributed by atoms with Crippen LogP contribution in [0.15, 0.2) is 35.5 Å². The highest BCUT2D eigenvalue weighted by Crippen LogP contribution is 2.16. The molecule has 0 aromatic heterocycles. The van der Waals surface area contributed by atoms with Crippen molar-refractivity contribution in [3.05, 3.63) is 35.5 Å². The van der Waals surface area contributed by atoms with Crippen LogP contribution in [0.25, 0.3) is 0 Å². The van der Waals surface area contributed by atoms with Gasteiger partial charge in [-0.2, -0.15) is 0 Å². The van der Waals surface area contributed by atoms with Crippen molar-refractivity contribution < 1.29 is 14.0 Å². The standard InChI is InChI=1S/C24H45BO3/c1-7-13-16-22(10-4)19-26-25(27-20-23(11-5)17-14-8-2)28-21-24(12-6)18-15-9-3/h19-21H,7-18H2,1-6H3. The maximum absolute atomic E-state index is 5.90. The largest absolute Gasteiger partial charge is 0.862 e. The van der Waals surface area contributed by atoms with Crippen molar-refractivity contribution >= 4 is 7.32 Å². The molecule has 0 rings (SSSR count). The van der Waals surface area contributed by atoms with E-state index in [1.54, 1.807) is 0 Å². The molecule has 28 heavy (non-hydrogen) atoms. The average Bonchev–Trinajstić information content (AvgIpc) is 2.73. The minimum absolute atomic E-state index is 0.727. The van der Waals surface area contributed by atoms with E-state index in [2.05, 4.69) is 41.5 Å². The number of rotatable bonds is 18. The second-order valence-corrected chi connectivity index (χ2v) is 7.40. The Kier molecular flexibility index (Phi) is 18.1. The summed E-state index contributed by atoms with van der Waals surface area (Å²) in [6.45, 7) is 13.1. The Balaban J connectivity index is 5.09. The van der Waals surface area contributed by atoms with Crippen molar-refractivity contribution in [2.75, 3.05) is 0 Å². The zero-order chi connectivity index (χ0) is 21.0. The molecule has 0 fully saturated rings. The molecule has 4 heteroatoms. The Morgan fingerprint density at radius 3 is 1.04 bits per heavy atom. The van der Waals surface area contributed by atoms with E-state index in [1.807, 2.05) is 18.8 Å². The van der Waals surface area contributed by atoms with Gasteiger partial charge in [0.1, 0.15) is 0 Å². The molecular formula is C24H45BO3. The van der Waals surface area contributed by atoms with Crippen LogP contribution in [0.2, 0.25) is 0 Å². The van der Waals surface area contributed by atoms with Gasteiger partial charge in [-0.15, -0.1) is 0 Å². The van der Waals surface area contributed by atoms with Gasteiger partial charge in [-0.05, 0) is 74.5 Å². The number of unbranched alkanes of at least 4 members (excludes halogenated alkanes) is 3. The van der Waals surface area contributed by atoms with E-state index in [0.29, 0.717) is 0 Å². The lowest BCUT2D eigenvalue weighted by Gasteiger charge is -2.14. The van der Waals surface area contributed by atoms with Crippen molar-refractivity contribution in [3.8, 4) is 0 Å². The van der Waals surface area contributed by atoms with Crippen molar-refractivity contribution in [1.29, 1.82) is 0 Å². The fraction of sp³-hybridized carbons (Fsp3) is 0.750. The fourth-order valence-corrected chi connectivity index (χ4v) is 2.72. The van der Waals surface area contributed by atoms with Gasteiger partial charge in [0.15, 0.2) is 0 Å². The van der Waals surface area contributed by atoms with Crippen LogP contribution < -0.4 is 0 Å². The second-order valence-electron chi connectivity index (χ2n) is 7.40. The molecule has 0 spiro atoms. The molecule has 0 aromatic rings. The van der Waals surface area contributed by atoms with Gasteiger partial charge < -0.3 is 14.0 Å². The Morgan fingerprint density at radius 1 is 0.536 bits per heavy atom. The average molecular weight is 392 g/mol. The van der Waals surface area contributed by atoms with Gasteiger partial charge in [-0.3, -0.25) is 0 Å². The summed E-state index contributed by atoms with van der Waals surface area (Å²) in [5.74, 6) is 0. The summed E-state index contributed by atoms with van der Waals surface area (Å²) < 4.78 is 17.7. The predicted molar refractivity (Wildman–Crippen MR) is 123 cm³/mol. The van der Waals surface area contributed by atoms with Gasteiger partial charge in [0.05, 0.1) is 18.8 Å². The molecule has 0 aliphatic rings. The third-order valence-corrected chi connectivity index (χ3v) is 4.95. The first-order valence-electron chi connectivity index (χ1n) is 11.6. The van der Waals surface area contributed by atoms with E-state index in [1.165, 1.54) is 55.2 Å². The fourth-order valence-electron chi connectivity index (χ4n) is 2.72. The van der Waals surface area contributed by atoms with Gasteiger partial charge in [-0.25, -0.2) is 0 Å². The molecule has 0 bridgehead atoms. The SMILES string of the molecule is CCCCC(=COB(OC=C(CC)CCCC)OC=C(CC)CCCC)CC. The van der Waals surface area contributed by atoms with Crippen molar-refractivity contribution in [2.24, 2.45) is 0 Å². The highest BCUT2D eigenvalue weighted by Gasteiger charge is 2.25. The Morgan fingerprint density at radius 2 is 0.821 bits per heavy atom. The third kappa shape index (κ3) is 13.8. The van der Waals surface area contributed by atoms with Gasteiger partial charge in [0, 0.05) is 0 Å². The van der Waals surface area contributed by atoms with Gasteiger partial charge in [0.2, 0.25) is 0 Å². The summed E-state index contributed by atoms with van der Waals surface area (Å²) in [6.07, 6.45) is 18.8. The topological polar surface area (TPSA) is 27.7 Å². The lowest BCUT2D eigenvalue weighted by molar-refractivity contribution is 0.218. The number of hydrogen-bond donors (Lipinski definition) is 0. The summed E-state index contributed by atoms with van der Waals surface area (Å²) in [5.41, 5.74) is 3.90. The van der Waals surface area contributed by atoms with E-state index in [-0.39, 0.29) is 0 Å². The van der Waals surface area contributed by atoms with Crippen LogP contribution in [0, 0.1) is 0 Å². The van der Waals surface area contributed by atoms with Crippen LogP contribution >= 0.6 is 0 Å². The van der Waals surface area contributed by atoms with Crippen LogP contribution in [0.4, 0.5) is 0 Å². The second kappa shape index (κ2) is 19.0. The maximum atomic E-state index is 5.90. The molecule has 0 unspecified atom stereocenters. The quantitative estimate of drug-likeness (QED) is 0.173. The first-order chi connectivity index (χ1) is 13.6. The van der Waals surface area contributed by atoms with Crippen LogP contribution in [-0.2, 0) is 14.0 Å². The molecular weight excluding hydrogens is 347 g/mol. The van der Waals surface area contributed by atoms with E-state index < -0.39 is 7.32 Å². The molecule has 0 amide bonds. The smallest absolute Gasteiger partial charge is 0.496 e. The van der Waals surface area contributed by atoms with E-state index in [0.717, 1.165) is 38.5 Å². The number of allylic oxidation sites excluding steroid dienone is 3. The summed E-state index contributed by atoms with van der Waals surface area (Å²) in [4.78, 5) is 0. The molecule has 0 radical (unpaired) electrons. The van der Waals surface area contributed by atoms with E-state index in [4.69, 9.17) is 14.0 Å². The summed E-state index contributed by atoms with van der Waals surface area (Å²) in [6, 6.07) is 0. The van der Waals surface area contributed by atoms with Gasteiger partial charge in [-0.1, -0.05) is 60.8 Å². The highest BCUT2D eigenvalue weighted by atomic mass is 16.7. The number of hydrogen-bond acceptors (Lipinski definition) is 3. The van der Waals surface area contributed by atoms with Crippen LogP contribution in [-0.4, -0.2) is 7.32 Å². The van der Waals surface area contributed by atoms with Crippen LogP contribution in [0.1, 0.15) is 119 Å². The molecule has 162 valence electrons. The molecule has 0 heterocycles. The Hall–Kier alpha value is -1.32. The zero-order valence-corrected chi connectivity index (χ0v) is 19.5. The van der Waals surface area contributed by atoms with Gasteiger partial charge >= 0.3 is 7.32 Å². The molecule has 0 atom stereocenters. The van der Waals surface area contributed by atoms with Crippen LogP contribution in [0.5, 0.6) is 0 Å². The van der Waals surface area contributed by atoms with E-state index in [9.17, 15) is 0 Å². The first-order valence-corrected chi connectivity index (χ1v) is 11.6. The summed E-state index contributed by atoms with van der Waals surface area (Å²) in [7, 11) is -0.727. The normalized spacial score (nSPS) is 12.9.